The van der Waals surface area contributed by atoms with E-state index in [2.05, 4.69) is 21.5 Å². The molecule has 1 saturated carbocycles. The molecule has 9 nitrogen and oxygen atoms in total. The van der Waals surface area contributed by atoms with Gasteiger partial charge in [-0.05, 0) is 61.9 Å². The lowest BCUT2D eigenvalue weighted by atomic mass is 10.1. The highest BCUT2D eigenvalue weighted by Gasteiger charge is 2.34. The predicted octanol–water partition coefficient (Wildman–Crippen LogP) is 3.51. The van der Waals surface area contributed by atoms with Crippen LogP contribution in [0.1, 0.15) is 44.6 Å². The Morgan fingerprint density at radius 2 is 1.88 bits per heavy atom. The van der Waals surface area contributed by atoms with Gasteiger partial charge in [-0.15, -0.1) is 0 Å². The van der Waals surface area contributed by atoms with Gasteiger partial charge in [-0.25, -0.2) is 8.42 Å². The summed E-state index contributed by atoms with van der Waals surface area (Å²) >= 11 is 0. The van der Waals surface area contributed by atoms with Crippen LogP contribution in [0.5, 0.6) is 0 Å². The average molecular weight is 467 g/mol. The lowest BCUT2D eigenvalue weighted by molar-refractivity contribution is 0.346. The lowest BCUT2D eigenvalue weighted by Gasteiger charge is -2.25. The summed E-state index contributed by atoms with van der Waals surface area (Å²) < 4.78 is 29.1. The highest BCUT2D eigenvalue weighted by Crippen LogP contribution is 2.43. The molecule has 0 spiro atoms. The standard InChI is InChI=1S/C23H26N6O3S/c24-12-10-19(16-4-5-16)29-20-11-13-25-23(30)21(20)22(27-29)26-17-6-8-18(9-7-17)33(31,32)28-14-2-1-3-15-28/h6-9,11,13,16,19H,1-5,10,14-15H2,(H,25,30)(H,26,27). The van der Waals surface area contributed by atoms with E-state index < -0.39 is 10.0 Å². The van der Waals surface area contributed by atoms with Crippen molar-refractivity contribution in [3.05, 3.63) is 46.9 Å². The second-order valence-electron chi connectivity index (χ2n) is 8.74. The fourth-order valence-electron chi connectivity index (χ4n) is 4.57. The van der Waals surface area contributed by atoms with E-state index in [4.69, 9.17) is 0 Å². The van der Waals surface area contributed by atoms with Crippen LogP contribution in [0.25, 0.3) is 10.9 Å². The first-order chi connectivity index (χ1) is 16.0. The summed E-state index contributed by atoms with van der Waals surface area (Å²) in [5, 5.41) is 17.6. The van der Waals surface area contributed by atoms with E-state index in [1.807, 2.05) is 0 Å². The summed E-state index contributed by atoms with van der Waals surface area (Å²) in [6, 6.07) is 10.5. The topological polar surface area (TPSA) is 124 Å². The molecule has 2 aliphatic rings. The number of fused-ring (bicyclic) bond motifs is 1. The molecule has 10 heteroatoms. The number of benzene rings is 1. The molecule has 3 aromatic rings. The number of rotatable bonds is 7. The molecule has 5 rings (SSSR count). The van der Waals surface area contributed by atoms with E-state index in [0.717, 1.165) is 32.1 Å². The molecule has 0 bridgehead atoms. The number of hydrogen-bond donors (Lipinski definition) is 2. The van der Waals surface area contributed by atoms with Crippen LogP contribution < -0.4 is 10.9 Å². The number of pyridine rings is 1. The van der Waals surface area contributed by atoms with Gasteiger partial charge in [-0.2, -0.15) is 14.7 Å². The molecule has 1 saturated heterocycles. The van der Waals surface area contributed by atoms with Crippen molar-refractivity contribution < 1.29 is 8.42 Å². The maximum Gasteiger partial charge on any atom is 0.261 e. The molecule has 1 aromatic carbocycles. The molecule has 3 heterocycles. The number of anilines is 2. The maximum atomic E-state index is 12.9. The SMILES string of the molecule is N#CCC(C1CC1)n1nc(Nc2ccc(S(=O)(=O)N3CCCCC3)cc2)c2c(=O)[nH]ccc21. The Morgan fingerprint density at radius 3 is 2.55 bits per heavy atom. The van der Waals surface area contributed by atoms with E-state index in [1.54, 1.807) is 45.5 Å². The number of sulfonamides is 1. The summed E-state index contributed by atoms with van der Waals surface area (Å²) in [5.41, 5.74) is 1.04. The molecule has 1 unspecified atom stereocenters. The number of piperidine rings is 1. The van der Waals surface area contributed by atoms with E-state index in [1.165, 1.54) is 0 Å². The largest absolute Gasteiger partial charge is 0.338 e. The number of nitrogens with one attached hydrogen (secondary N) is 2. The van der Waals surface area contributed by atoms with Crippen molar-refractivity contribution in [2.45, 2.75) is 49.5 Å². The van der Waals surface area contributed by atoms with Crippen molar-refractivity contribution in [3.8, 4) is 6.07 Å². The van der Waals surface area contributed by atoms with Gasteiger partial charge in [-0.3, -0.25) is 9.48 Å². The zero-order chi connectivity index (χ0) is 23.0. The monoisotopic (exact) mass is 466 g/mol. The van der Waals surface area contributed by atoms with Crippen molar-refractivity contribution in [1.29, 1.82) is 5.26 Å². The highest BCUT2D eigenvalue weighted by atomic mass is 32.2. The van der Waals surface area contributed by atoms with E-state index in [0.29, 0.717) is 47.8 Å². The number of aromatic amines is 1. The van der Waals surface area contributed by atoms with Crippen molar-refractivity contribution in [2.75, 3.05) is 18.4 Å². The first-order valence-corrected chi connectivity index (χ1v) is 12.8. The van der Waals surface area contributed by atoms with Crippen LogP contribution in [0.3, 0.4) is 0 Å². The van der Waals surface area contributed by atoms with Crippen LogP contribution in [-0.2, 0) is 10.0 Å². The highest BCUT2D eigenvalue weighted by molar-refractivity contribution is 7.89. The van der Waals surface area contributed by atoms with Gasteiger partial charge in [0, 0.05) is 25.0 Å². The third-order valence-corrected chi connectivity index (χ3v) is 8.39. The zero-order valence-corrected chi connectivity index (χ0v) is 19.0. The summed E-state index contributed by atoms with van der Waals surface area (Å²) in [7, 11) is -3.51. The van der Waals surface area contributed by atoms with Gasteiger partial charge >= 0.3 is 0 Å². The molecule has 2 fully saturated rings. The van der Waals surface area contributed by atoms with Gasteiger partial charge in [0.25, 0.3) is 5.56 Å². The zero-order valence-electron chi connectivity index (χ0n) is 18.2. The third kappa shape index (κ3) is 4.14. The second kappa shape index (κ2) is 8.65. The molecular weight excluding hydrogens is 440 g/mol. The second-order valence-corrected chi connectivity index (χ2v) is 10.7. The lowest BCUT2D eigenvalue weighted by Crippen LogP contribution is -2.35. The molecule has 1 atom stereocenters. The minimum absolute atomic E-state index is 0.0769. The van der Waals surface area contributed by atoms with Crippen molar-refractivity contribution in [2.24, 2.45) is 5.92 Å². The molecule has 2 N–H and O–H groups in total. The Bertz CT molecular complexity index is 1360. The normalized spacial score (nSPS) is 18.2. The Kier molecular flexibility index (Phi) is 5.68. The van der Waals surface area contributed by atoms with Crippen molar-refractivity contribution in [1.82, 2.24) is 19.1 Å². The van der Waals surface area contributed by atoms with Crippen molar-refractivity contribution in [3.63, 3.8) is 0 Å². The maximum absolute atomic E-state index is 12.9. The Balaban J connectivity index is 1.46. The Labute approximate surface area is 192 Å². The van der Waals surface area contributed by atoms with Crippen LogP contribution in [0.15, 0.2) is 46.2 Å². The first-order valence-electron chi connectivity index (χ1n) is 11.3. The third-order valence-electron chi connectivity index (χ3n) is 6.48. The molecule has 2 aromatic heterocycles. The van der Waals surface area contributed by atoms with Crippen molar-refractivity contribution >= 4 is 32.4 Å². The van der Waals surface area contributed by atoms with Gasteiger partial charge in [0.2, 0.25) is 10.0 Å². The molecule has 0 amide bonds. The Morgan fingerprint density at radius 1 is 1.15 bits per heavy atom. The van der Waals surface area contributed by atoms with E-state index in [-0.39, 0.29) is 16.5 Å². The van der Waals surface area contributed by atoms with Crippen LogP contribution >= 0.6 is 0 Å². The number of nitrogens with zero attached hydrogens (tertiary/aromatic N) is 4. The number of nitriles is 1. The smallest absolute Gasteiger partial charge is 0.261 e. The summed E-state index contributed by atoms with van der Waals surface area (Å²) in [6.07, 6.45) is 6.84. The molecule has 1 aliphatic heterocycles. The average Bonchev–Trinajstić information content (AvgIpc) is 3.61. The number of H-pyrrole nitrogens is 1. The minimum atomic E-state index is -3.51. The van der Waals surface area contributed by atoms with E-state index in [9.17, 15) is 18.5 Å². The fraction of sp³-hybridized carbons (Fsp3) is 0.435. The molecule has 0 radical (unpaired) electrons. The van der Waals surface area contributed by atoms with Crippen LogP contribution in [0.4, 0.5) is 11.5 Å². The molecule has 1 aliphatic carbocycles. The first kappa shape index (κ1) is 21.7. The van der Waals surface area contributed by atoms with Gasteiger partial charge in [0.05, 0.1) is 28.9 Å². The predicted molar refractivity (Wildman–Crippen MR) is 125 cm³/mol. The molecular formula is C23H26N6O3S. The summed E-state index contributed by atoms with van der Waals surface area (Å²) in [5.74, 6) is 0.779. The van der Waals surface area contributed by atoms with Crippen LogP contribution in [0, 0.1) is 17.2 Å². The minimum Gasteiger partial charge on any atom is -0.338 e. The number of hydrogen-bond acceptors (Lipinski definition) is 6. The van der Waals surface area contributed by atoms with E-state index >= 15 is 0 Å². The molecule has 172 valence electrons. The van der Waals surface area contributed by atoms with Crippen LogP contribution in [0.2, 0.25) is 0 Å². The van der Waals surface area contributed by atoms with Gasteiger partial charge in [-0.1, -0.05) is 6.42 Å². The summed E-state index contributed by atoms with van der Waals surface area (Å²) in [6.45, 7) is 1.11. The van der Waals surface area contributed by atoms with Gasteiger partial charge in [0.1, 0.15) is 5.39 Å². The fourth-order valence-corrected chi connectivity index (χ4v) is 6.09. The summed E-state index contributed by atoms with van der Waals surface area (Å²) in [4.78, 5) is 15.6. The Hall–Kier alpha value is -3.16. The number of aromatic nitrogens is 3. The van der Waals surface area contributed by atoms with Crippen LogP contribution in [-0.4, -0.2) is 40.6 Å². The van der Waals surface area contributed by atoms with Gasteiger partial charge in [0.15, 0.2) is 5.82 Å². The molecule has 33 heavy (non-hydrogen) atoms. The quantitative estimate of drug-likeness (QED) is 0.549. The van der Waals surface area contributed by atoms with Gasteiger partial charge < -0.3 is 10.3 Å².